The fraction of sp³-hybridized carbons (Fsp3) is 0.412. The summed E-state index contributed by atoms with van der Waals surface area (Å²) >= 11 is 0. The molecule has 1 saturated heterocycles. The quantitative estimate of drug-likeness (QED) is 0.802. The zero-order valence-corrected chi connectivity index (χ0v) is 15.4. The predicted molar refractivity (Wildman–Crippen MR) is 91.4 cm³/mol. The average Bonchev–Trinajstić information content (AvgIpc) is 2.94. The second-order valence-corrected chi connectivity index (χ2v) is 8.12. The Morgan fingerprint density at radius 1 is 1.23 bits per heavy atom. The molecule has 9 heteroatoms. The van der Waals surface area contributed by atoms with Gasteiger partial charge in [0.15, 0.2) is 5.76 Å². The zero-order valence-electron chi connectivity index (χ0n) is 14.6. The molecule has 26 heavy (non-hydrogen) atoms. The minimum absolute atomic E-state index is 0.0916. The summed E-state index contributed by atoms with van der Waals surface area (Å²) in [5.41, 5.74) is 0.924. The van der Waals surface area contributed by atoms with Crippen LogP contribution in [0.1, 0.15) is 17.0 Å². The molecule has 140 valence electrons. The molecule has 0 unspecified atom stereocenters. The molecule has 1 aromatic heterocycles. The largest absolute Gasteiger partial charge is 0.360 e. The van der Waals surface area contributed by atoms with Crippen molar-refractivity contribution in [1.29, 1.82) is 0 Å². The highest BCUT2D eigenvalue weighted by molar-refractivity contribution is 7.89. The Balaban J connectivity index is 1.65. The van der Waals surface area contributed by atoms with E-state index in [1.807, 2.05) is 0 Å². The number of carbonyl (C=O) groups is 1. The normalized spacial score (nSPS) is 16.0. The van der Waals surface area contributed by atoms with Crippen LogP contribution < -0.4 is 0 Å². The van der Waals surface area contributed by atoms with Gasteiger partial charge in [-0.15, -0.1) is 0 Å². The summed E-state index contributed by atoms with van der Waals surface area (Å²) in [4.78, 5) is 14.1. The van der Waals surface area contributed by atoms with Crippen LogP contribution >= 0.6 is 0 Å². The Morgan fingerprint density at radius 2 is 1.92 bits per heavy atom. The molecule has 1 fully saturated rings. The van der Waals surface area contributed by atoms with Gasteiger partial charge in [-0.05, 0) is 31.5 Å². The summed E-state index contributed by atoms with van der Waals surface area (Å²) in [6.07, 6.45) is 0.0916. The number of piperazine rings is 1. The molecule has 2 aromatic rings. The van der Waals surface area contributed by atoms with Crippen LogP contribution in [-0.4, -0.2) is 54.9 Å². The maximum Gasteiger partial charge on any atom is 0.248 e. The first-order valence-electron chi connectivity index (χ1n) is 8.24. The lowest BCUT2D eigenvalue weighted by Crippen LogP contribution is -2.51. The minimum Gasteiger partial charge on any atom is -0.360 e. The fourth-order valence-electron chi connectivity index (χ4n) is 3.08. The van der Waals surface area contributed by atoms with E-state index >= 15 is 0 Å². The van der Waals surface area contributed by atoms with Gasteiger partial charge in [0.05, 0.1) is 6.42 Å². The molecular weight excluding hydrogens is 361 g/mol. The van der Waals surface area contributed by atoms with Gasteiger partial charge in [-0.1, -0.05) is 17.3 Å². The van der Waals surface area contributed by atoms with Gasteiger partial charge < -0.3 is 9.42 Å². The Kier molecular flexibility index (Phi) is 5.10. The van der Waals surface area contributed by atoms with Crippen molar-refractivity contribution < 1.29 is 22.1 Å². The number of aromatic nitrogens is 1. The molecule has 1 aliphatic rings. The molecule has 2 heterocycles. The molecule has 1 amide bonds. The van der Waals surface area contributed by atoms with Crippen molar-refractivity contribution >= 4 is 15.9 Å². The number of halogens is 1. The van der Waals surface area contributed by atoms with Gasteiger partial charge in [-0.25, -0.2) is 12.8 Å². The summed E-state index contributed by atoms with van der Waals surface area (Å²) in [5.74, 6) is -0.275. The van der Waals surface area contributed by atoms with E-state index < -0.39 is 10.0 Å². The van der Waals surface area contributed by atoms with Crippen molar-refractivity contribution in [2.45, 2.75) is 25.2 Å². The lowest BCUT2D eigenvalue weighted by atomic mass is 10.1. The van der Waals surface area contributed by atoms with Crippen molar-refractivity contribution in [1.82, 2.24) is 14.4 Å². The van der Waals surface area contributed by atoms with Crippen molar-refractivity contribution in [3.8, 4) is 0 Å². The summed E-state index contributed by atoms with van der Waals surface area (Å²) < 4.78 is 45.1. The third-order valence-electron chi connectivity index (χ3n) is 4.40. The second kappa shape index (κ2) is 7.16. The van der Waals surface area contributed by atoms with Crippen LogP contribution in [-0.2, 0) is 21.2 Å². The van der Waals surface area contributed by atoms with E-state index in [1.165, 1.54) is 16.4 Å². The second-order valence-electron chi connectivity index (χ2n) is 6.24. The topological polar surface area (TPSA) is 83.7 Å². The van der Waals surface area contributed by atoms with Crippen molar-refractivity contribution in [3.63, 3.8) is 0 Å². The number of sulfonamides is 1. The standard InChI is InChI=1S/C17H20FN3O4S/c1-12-17(13(2)25-19-12)26(23,24)21-8-6-20(7-9-21)16(22)11-14-4-3-5-15(18)10-14/h3-5,10H,6-9,11H2,1-2H3. The molecule has 7 nitrogen and oxygen atoms in total. The van der Waals surface area contributed by atoms with E-state index in [4.69, 9.17) is 4.52 Å². The van der Waals surface area contributed by atoms with Gasteiger partial charge in [0.25, 0.3) is 0 Å². The molecule has 3 rings (SSSR count). The molecule has 0 radical (unpaired) electrons. The number of nitrogens with zero attached hydrogens (tertiary/aromatic N) is 3. The van der Waals surface area contributed by atoms with Gasteiger partial charge in [-0.2, -0.15) is 4.31 Å². The highest BCUT2D eigenvalue weighted by Gasteiger charge is 2.34. The van der Waals surface area contributed by atoms with Crippen molar-refractivity contribution in [2.24, 2.45) is 0 Å². The van der Waals surface area contributed by atoms with E-state index in [0.717, 1.165) is 0 Å². The maximum absolute atomic E-state index is 13.2. The lowest BCUT2D eigenvalue weighted by Gasteiger charge is -2.34. The molecule has 1 aliphatic heterocycles. The number of rotatable bonds is 4. The molecule has 0 aliphatic carbocycles. The first kappa shape index (κ1) is 18.5. The molecular formula is C17H20FN3O4S. The van der Waals surface area contributed by atoms with Crippen molar-refractivity contribution in [2.75, 3.05) is 26.2 Å². The average molecular weight is 381 g/mol. The van der Waals surface area contributed by atoms with E-state index in [2.05, 4.69) is 5.16 Å². The lowest BCUT2D eigenvalue weighted by molar-refractivity contribution is -0.131. The van der Waals surface area contributed by atoms with Crippen LogP contribution in [0.5, 0.6) is 0 Å². The van der Waals surface area contributed by atoms with E-state index in [1.54, 1.807) is 30.9 Å². The number of hydrogen-bond acceptors (Lipinski definition) is 5. The van der Waals surface area contributed by atoms with E-state index in [0.29, 0.717) is 11.3 Å². The smallest absolute Gasteiger partial charge is 0.248 e. The van der Waals surface area contributed by atoms with Crippen LogP contribution in [0.2, 0.25) is 0 Å². The third-order valence-corrected chi connectivity index (χ3v) is 6.55. The maximum atomic E-state index is 13.2. The number of aryl methyl sites for hydroxylation is 2. The van der Waals surface area contributed by atoms with Gasteiger partial charge in [-0.3, -0.25) is 4.79 Å². The SMILES string of the molecule is Cc1noc(C)c1S(=O)(=O)N1CCN(C(=O)Cc2cccc(F)c2)CC1. The molecule has 0 N–H and O–H groups in total. The zero-order chi connectivity index (χ0) is 18.9. The van der Waals surface area contributed by atoms with Crippen LogP contribution in [0, 0.1) is 19.7 Å². The highest BCUT2D eigenvalue weighted by atomic mass is 32.2. The third kappa shape index (κ3) is 3.63. The number of amides is 1. The Morgan fingerprint density at radius 3 is 2.50 bits per heavy atom. The minimum atomic E-state index is -3.70. The van der Waals surface area contributed by atoms with Crippen LogP contribution in [0.15, 0.2) is 33.7 Å². The fourth-order valence-corrected chi connectivity index (χ4v) is 4.80. The number of carbonyl (C=O) groups excluding carboxylic acids is 1. The number of hydrogen-bond donors (Lipinski definition) is 0. The molecule has 0 saturated carbocycles. The first-order valence-corrected chi connectivity index (χ1v) is 9.68. The highest BCUT2D eigenvalue weighted by Crippen LogP contribution is 2.24. The predicted octanol–water partition coefficient (Wildman–Crippen LogP) is 1.51. The van der Waals surface area contributed by atoms with Gasteiger partial charge >= 0.3 is 0 Å². The Hall–Kier alpha value is -2.26. The van der Waals surface area contributed by atoms with Gasteiger partial charge in [0.1, 0.15) is 16.4 Å². The molecule has 1 aromatic carbocycles. The van der Waals surface area contributed by atoms with Crippen LogP contribution in [0.4, 0.5) is 4.39 Å². The molecule has 0 bridgehead atoms. The Labute approximate surface area is 151 Å². The van der Waals surface area contributed by atoms with E-state index in [9.17, 15) is 17.6 Å². The molecule has 0 atom stereocenters. The van der Waals surface area contributed by atoms with E-state index in [-0.39, 0.29) is 55.0 Å². The molecule has 0 spiro atoms. The van der Waals surface area contributed by atoms with Crippen LogP contribution in [0.25, 0.3) is 0 Å². The van der Waals surface area contributed by atoms with Crippen molar-refractivity contribution in [3.05, 3.63) is 47.1 Å². The van der Waals surface area contributed by atoms with Crippen LogP contribution in [0.3, 0.4) is 0 Å². The Bertz CT molecular complexity index is 898. The summed E-state index contributed by atoms with van der Waals surface area (Å²) in [7, 11) is -3.70. The summed E-state index contributed by atoms with van der Waals surface area (Å²) in [6.45, 7) is 4.11. The van der Waals surface area contributed by atoms with Gasteiger partial charge in [0.2, 0.25) is 15.9 Å². The number of benzene rings is 1. The van der Waals surface area contributed by atoms with Gasteiger partial charge in [0, 0.05) is 26.2 Å². The monoisotopic (exact) mass is 381 g/mol. The first-order chi connectivity index (χ1) is 12.3. The summed E-state index contributed by atoms with van der Waals surface area (Å²) in [5, 5.41) is 3.70. The summed E-state index contributed by atoms with van der Waals surface area (Å²) in [6, 6.07) is 5.91.